The molecule has 0 atom stereocenters. The molecular weight excluding hydrogens is 336 g/mol. The van der Waals surface area contributed by atoms with E-state index in [1.54, 1.807) is 18.2 Å². The molecule has 0 saturated heterocycles. The summed E-state index contributed by atoms with van der Waals surface area (Å²) in [7, 11) is -3.45. The van der Waals surface area contributed by atoms with Gasteiger partial charge in [0.25, 0.3) is 0 Å². The zero-order chi connectivity index (χ0) is 18.4. The predicted octanol–water partition coefficient (Wildman–Crippen LogP) is 2.78. The van der Waals surface area contributed by atoms with Crippen molar-refractivity contribution in [2.45, 2.75) is 26.8 Å². The van der Waals surface area contributed by atoms with Gasteiger partial charge in [-0.2, -0.15) is 0 Å². The van der Waals surface area contributed by atoms with Gasteiger partial charge in [-0.15, -0.1) is 0 Å². The Morgan fingerprint density at radius 2 is 1.72 bits per heavy atom. The Hall–Kier alpha value is -2.34. The second-order valence-electron chi connectivity index (χ2n) is 6.19. The van der Waals surface area contributed by atoms with Crippen LogP contribution in [-0.4, -0.2) is 27.1 Å². The quantitative estimate of drug-likeness (QED) is 0.826. The van der Waals surface area contributed by atoms with E-state index in [0.717, 1.165) is 22.9 Å². The van der Waals surface area contributed by atoms with Crippen LogP contribution in [0.5, 0.6) is 0 Å². The van der Waals surface area contributed by atoms with Crippen molar-refractivity contribution >= 4 is 21.6 Å². The van der Waals surface area contributed by atoms with E-state index in [2.05, 4.69) is 5.32 Å². The van der Waals surface area contributed by atoms with Crippen LogP contribution in [0.4, 0.5) is 5.69 Å². The summed E-state index contributed by atoms with van der Waals surface area (Å²) in [4.78, 5) is 12.1. The maximum absolute atomic E-state index is 12.1. The predicted molar refractivity (Wildman–Crippen MR) is 101 cm³/mol. The monoisotopic (exact) mass is 360 g/mol. The molecule has 0 radical (unpaired) electrons. The van der Waals surface area contributed by atoms with E-state index in [-0.39, 0.29) is 18.9 Å². The van der Waals surface area contributed by atoms with Gasteiger partial charge in [-0.1, -0.05) is 42.0 Å². The molecule has 2 aromatic rings. The largest absolute Gasteiger partial charge is 0.352 e. The Morgan fingerprint density at radius 3 is 2.32 bits per heavy atom. The maximum atomic E-state index is 12.1. The molecule has 2 rings (SSSR count). The fraction of sp³-hybridized carbons (Fsp3) is 0.316. The molecule has 0 aliphatic carbocycles. The Bertz CT molecular complexity index is 830. The number of hydrogen-bond acceptors (Lipinski definition) is 3. The zero-order valence-electron chi connectivity index (χ0n) is 14.8. The molecule has 0 spiro atoms. The second-order valence-corrected chi connectivity index (χ2v) is 8.09. The Labute approximate surface area is 149 Å². The fourth-order valence-electron chi connectivity index (χ4n) is 2.47. The highest BCUT2D eigenvalue weighted by Crippen LogP contribution is 2.19. The molecule has 1 N–H and O–H groups in total. The molecule has 0 saturated carbocycles. The highest BCUT2D eigenvalue weighted by molar-refractivity contribution is 7.92. The molecule has 0 aromatic heterocycles. The van der Waals surface area contributed by atoms with E-state index >= 15 is 0 Å². The summed E-state index contributed by atoms with van der Waals surface area (Å²) in [5, 5.41) is 2.83. The topological polar surface area (TPSA) is 66.5 Å². The first-order valence-corrected chi connectivity index (χ1v) is 9.97. The molecule has 134 valence electrons. The Kier molecular flexibility index (Phi) is 6.20. The van der Waals surface area contributed by atoms with Crippen molar-refractivity contribution < 1.29 is 13.2 Å². The van der Waals surface area contributed by atoms with Crippen molar-refractivity contribution in [2.75, 3.05) is 17.1 Å². The number of nitrogens with zero attached hydrogens (tertiary/aromatic N) is 1. The average molecular weight is 360 g/mol. The van der Waals surface area contributed by atoms with Crippen LogP contribution in [0.3, 0.4) is 0 Å². The number of anilines is 1. The van der Waals surface area contributed by atoms with Crippen LogP contribution < -0.4 is 9.62 Å². The number of amides is 1. The summed E-state index contributed by atoms with van der Waals surface area (Å²) in [6.07, 6.45) is 1.26. The normalized spacial score (nSPS) is 11.2. The van der Waals surface area contributed by atoms with Gasteiger partial charge in [0.1, 0.15) is 0 Å². The summed E-state index contributed by atoms with van der Waals surface area (Å²) in [6.45, 7) is 4.45. The van der Waals surface area contributed by atoms with Crippen molar-refractivity contribution in [2.24, 2.45) is 0 Å². The van der Waals surface area contributed by atoms with Crippen molar-refractivity contribution in [1.82, 2.24) is 5.32 Å². The molecule has 6 heteroatoms. The molecule has 0 heterocycles. The van der Waals surface area contributed by atoms with Gasteiger partial charge < -0.3 is 5.32 Å². The average Bonchev–Trinajstić information content (AvgIpc) is 2.53. The third-order valence-corrected chi connectivity index (χ3v) is 5.04. The van der Waals surface area contributed by atoms with E-state index in [1.807, 2.05) is 44.2 Å². The number of nitrogens with one attached hydrogen (secondary N) is 1. The summed E-state index contributed by atoms with van der Waals surface area (Å²) < 4.78 is 25.4. The lowest BCUT2D eigenvalue weighted by Crippen LogP contribution is -2.34. The molecule has 5 nitrogen and oxygen atoms in total. The van der Waals surface area contributed by atoms with Crippen LogP contribution in [0.15, 0.2) is 48.5 Å². The second kappa shape index (κ2) is 8.16. The molecular formula is C19H24N2O3S. The summed E-state index contributed by atoms with van der Waals surface area (Å²) in [5.41, 5.74) is 3.72. The highest BCUT2D eigenvalue weighted by Gasteiger charge is 2.18. The van der Waals surface area contributed by atoms with Crippen LogP contribution in [0.25, 0.3) is 0 Å². The Balaban J connectivity index is 1.96. The van der Waals surface area contributed by atoms with Crippen LogP contribution >= 0.6 is 0 Å². The molecule has 2 aromatic carbocycles. The summed E-state index contributed by atoms with van der Waals surface area (Å²) in [5.74, 6) is -0.179. The number of benzene rings is 2. The van der Waals surface area contributed by atoms with E-state index in [0.29, 0.717) is 12.2 Å². The lowest BCUT2D eigenvalue weighted by molar-refractivity contribution is -0.121. The smallest absolute Gasteiger partial charge is 0.232 e. The molecule has 0 bridgehead atoms. The fourth-order valence-corrected chi connectivity index (χ4v) is 3.39. The number of carbonyl (C=O) groups is 1. The first-order chi connectivity index (χ1) is 11.8. The van der Waals surface area contributed by atoms with Gasteiger partial charge in [-0.05, 0) is 37.1 Å². The molecule has 0 unspecified atom stereocenters. The van der Waals surface area contributed by atoms with Gasteiger partial charge in [-0.25, -0.2) is 8.42 Å². The summed E-state index contributed by atoms with van der Waals surface area (Å²) >= 11 is 0. The number of sulfonamides is 1. The van der Waals surface area contributed by atoms with Crippen LogP contribution in [0, 0.1) is 13.8 Å². The van der Waals surface area contributed by atoms with Gasteiger partial charge in [0.05, 0.1) is 11.9 Å². The minimum Gasteiger partial charge on any atom is -0.352 e. The third-order valence-electron chi connectivity index (χ3n) is 3.84. The van der Waals surface area contributed by atoms with Crippen LogP contribution in [-0.2, 0) is 21.4 Å². The lowest BCUT2D eigenvalue weighted by Gasteiger charge is -2.22. The third kappa shape index (κ3) is 5.90. The molecule has 0 fully saturated rings. The van der Waals surface area contributed by atoms with Gasteiger partial charge in [0, 0.05) is 19.5 Å². The van der Waals surface area contributed by atoms with Gasteiger partial charge in [0.15, 0.2) is 0 Å². The number of carbonyl (C=O) groups excluding carboxylic acids is 1. The summed E-state index contributed by atoms with van der Waals surface area (Å²) in [6, 6.07) is 15.1. The van der Waals surface area contributed by atoms with Crippen molar-refractivity contribution in [3.05, 3.63) is 65.2 Å². The van der Waals surface area contributed by atoms with Crippen molar-refractivity contribution in [3.63, 3.8) is 0 Å². The molecule has 0 aliphatic heterocycles. The van der Waals surface area contributed by atoms with E-state index in [1.165, 1.54) is 4.31 Å². The Morgan fingerprint density at radius 1 is 1.04 bits per heavy atom. The van der Waals surface area contributed by atoms with Gasteiger partial charge in [-0.3, -0.25) is 9.10 Å². The maximum Gasteiger partial charge on any atom is 0.232 e. The lowest BCUT2D eigenvalue weighted by atomic mass is 10.1. The number of hydrogen-bond donors (Lipinski definition) is 1. The van der Waals surface area contributed by atoms with E-state index in [4.69, 9.17) is 0 Å². The van der Waals surface area contributed by atoms with Gasteiger partial charge >= 0.3 is 0 Å². The zero-order valence-corrected chi connectivity index (χ0v) is 15.6. The van der Waals surface area contributed by atoms with E-state index < -0.39 is 10.0 Å². The SMILES string of the molecule is Cc1ccc(CNC(=O)CCN(c2cccc(C)c2)S(C)(=O)=O)cc1. The first kappa shape index (κ1) is 19.0. The standard InChI is InChI=1S/C19H24N2O3S/c1-15-7-9-17(10-8-15)14-20-19(22)11-12-21(25(3,23)24)18-6-4-5-16(2)13-18/h4-10,13H,11-12,14H2,1-3H3,(H,20,22). The molecule has 25 heavy (non-hydrogen) atoms. The van der Waals surface area contributed by atoms with Gasteiger partial charge in [0.2, 0.25) is 15.9 Å². The molecule has 0 aliphatic rings. The molecule has 1 amide bonds. The number of rotatable bonds is 7. The minimum absolute atomic E-state index is 0.104. The van der Waals surface area contributed by atoms with Crippen LogP contribution in [0.2, 0.25) is 0 Å². The number of aryl methyl sites for hydroxylation is 2. The van der Waals surface area contributed by atoms with Crippen molar-refractivity contribution in [3.8, 4) is 0 Å². The van der Waals surface area contributed by atoms with Crippen LogP contribution in [0.1, 0.15) is 23.1 Å². The van der Waals surface area contributed by atoms with Crippen molar-refractivity contribution in [1.29, 1.82) is 0 Å². The first-order valence-electron chi connectivity index (χ1n) is 8.12. The minimum atomic E-state index is -3.45. The van der Waals surface area contributed by atoms with E-state index in [9.17, 15) is 13.2 Å². The highest BCUT2D eigenvalue weighted by atomic mass is 32.2.